The topological polar surface area (TPSA) is 79.0 Å². The fraction of sp³-hybridized carbons (Fsp3) is 0.480. The van der Waals surface area contributed by atoms with Gasteiger partial charge in [-0.05, 0) is 63.1 Å². The molecular formula is C25H32F3N3O4S. The SMILES string of the molecule is CCN(CC)C(=O)c1cccc([C@H](c2cccc(OS(=O)(=O)C(F)(F)F)c2)N2C[C@@H](C)NC[C@@H]2C)c1. The van der Waals surface area contributed by atoms with Crippen molar-refractivity contribution in [2.75, 3.05) is 26.2 Å². The summed E-state index contributed by atoms with van der Waals surface area (Å²) in [5.41, 5.74) is -3.71. The number of rotatable bonds is 8. The van der Waals surface area contributed by atoms with Gasteiger partial charge < -0.3 is 14.4 Å². The Morgan fingerprint density at radius 3 is 2.33 bits per heavy atom. The van der Waals surface area contributed by atoms with E-state index in [1.807, 2.05) is 33.8 Å². The van der Waals surface area contributed by atoms with Gasteiger partial charge in [0.2, 0.25) is 0 Å². The van der Waals surface area contributed by atoms with E-state index in [0.29, 0.717) is 37.3 Å². The number of alkyl halides is 3. The summed E-state index contributed by atoms with van der Waals surface area (Å²) in [6.45, 7) is 10.3. The average Bonchev–Trinajstić information content (AvgIpc) is 2.82. The minimum absolute atomic E-state index is 0.0526. The molecule has 0 radical (unpaired) electrons. The van der Waals surface area contributed by atoms with Crippen molar-refractivity contribution >= 4 is 16.0 Å². The highest BCUT2D eigenvalue weighted by molar-refractivity contribution is 7.88. The van der Waals surface area contributed by atoms with Crippen LogP contribution in [0.2, 0.25) is 0 Å². The Labute approximate surface area is 210 Å². The van der Waals surface area contributed by atoms with Crippen LogP contribution in [-0.4, -0.2) is 67.9 Å². The molecule has 3 rings (SSSR count). The molecule has 1 N–H and O–H groups in total. The van der Waals surface area contributed by atoms with Crippen molar-refractivity contribution in [3.05, 3.63) is 65.2 Å². The maximum absolute atomic E-state index is 13.0. The minimum Gasteiger partial charge on any atom is -0.376 e. The van der Waals surface area contributed by atoms with Gasteiger partial charge in [-0.1, -0.05) is 24.3 Å². The number of benzene rings is 2. The van der Waals surface area contributed by atoms with Gasteiger partial charge in [0, 0.05) is 43.8 Å². The van der Waals surface area contributed by atoms with Crippen LogP contribution in [-0.2, 0) is 10.1 Å². The minimum atomic E-state index is -5.81. The molecule has 1 aliphatic rings. The lowest BCUT2D eigenvalue weighted by molar-refractivity contribution is -0.0500. The monoisotopic (exact) mass is 527 g/mol. The first kappa shape index (κ1) is 27.9. The largest absolute Gasteiger partial charge is 0.534 e. The zero-order chi connectivity index (χ0) is 26.7. The van der Waals surface area contributed by atoms with Crippen LogP contribution in [0.5, 0.6) is 5.75 Å². The smallest absolute Gasteiger partial charge is 0.376 e. The van der Waals surface area contributed by atoms with Crippen molar-refractivity contribution in [1.29, 1.82) is 0 Å². The molecule has 2 aromatic carbocycles. The maximum Gasteiger partial charge on any atom is 0.534 e. The van der Waals surface area contributed by atoms with Crippen molar-refractivity contribution in [2.24, 2.45) is 0 Å². The third kappa shape index (κ3) is 6.19. The highest BCUT2D eigenvalue weighted by Gasteiger charge is 2.48. The second-order valence-corrected chi connectivity index (χ2v) is 10.5. The summed E-state index contributed by atoms with van der Waals surface area (Å²) >= 11 is 0. The Morgan fingerprint density at radius 1 is 1.11 bits per heavy atom. The molecule has 0 aromatic heterocycles. The highest BCUT2D eigenvalue weighted by atomic mass is 32.2. The number of nitrogens with zero attached hydrogens (tertiary/aromatic N) is 2. The average molecular weight is 528 g/mol. The normalized spacial score (nSPS) is 20.1. The van der Waals surface area contributed by atoms with E-state index in [1.54, 1.807) is 29.2 Å². The second kappa shape index (κ2) is 11.2. The zero-order valence-electron chi connectivity index (χ0n) is 20.7. The summed E-state index contributed by atoms with van der Waals surface area (Å²) in [5.74, 6) is -0.545. The lowest BCUT2D eigenvalue weighted by atomic mass is 9.92. The molecule has 36 heavy (non-hydrogen) atoms. The van der Waals surface area contributed by atoms with Gasteiger partial charge in [-0.2, -0.15) is 21.6 Å². The summed E-state index contributed by atoms with van der Waals surface area (Å²) < 4.78 is 66.3. The molecule has 2 aromatic rings. The molecule has 3 atom stereocenters. The Kier molecular flexibility index (Phi) is 8.68. The molecule has 11 heteroatoms. The Hall–Kier alpha value is -2.63. The van der Waals surface area contributed by atoms with E-state index in [1.165, 1.54) is 18.2 Å². The predicted octanol–water partition coefficient (Wildman–Crippen LogP) is 4.17. The molecule has 1 heterocycles. The van der Waals surface area contributed by atoms with E-state index in [9.17, 15) is 26.4 Å². The Morgan fingerprint density at radius 2 is 1.72 bits per heavy atom. The second-order valence-electron chi connectivity index (χ2n) is 8.92. The van der Waals surface area contributed by atoms with Gasteiger partial charge in [-0.15, -0.1) is 0 Å². The predicted molar refractivity (Wildman–Crippen MR) is 131 cm³/mol. The van der Waals surface area contributed by atoms with E-state index in [0.717, 1.165) is 5.56 Å². The van der Waals surface area contributed by atoms with Crippen LogP contribution in [0.3, 0.4) is 0 Å². The summed E-state index contributed by atoms with van der Waals surface area (Å²) in [6.07, 6.45) is 0. The number of hydrogen-bond donors (Lipinski definition) is 1. The third-order valence-corrected chi connectivity index (χ3v) is 7.29. The number of amides is 1. The zero-order valence-corrected chi connectivity index (χ0v) is 21.6. The van der Waals surface area contributed by atoms with Crippen molar-refractivity contribution in [1.82, 2.24) is 15.1 Å². The molecule has 1 fully saturated rings. The molecule has 0 bridgehead atoms. The third-order valence-electron chi connectivity index (χ3n) is 6.31. The standard InChI is InChI=1S/C25H32F3N3O4S/c1-5-30(6-2)24(32)21-11-7-9-19(13-21)23(31-16-17(3)29-15-18(31)4)20-10-8-12-22(14-20)35-36(33,34)25(26,27)28/h7-14,17-18,23,29H,5-6,15-16H2,1-4H3/t17-,18+,23-/m1/s1. The fourth-order valence-electron chi connectivity index (χ4n) is 4.43. The molecule has 0 unspecified atom stereocenters. The molecule has 0 aliphatic carbocycles. The van der Waals surface area contributed by atoms with Gasteiger partial charge in [0.25, 0.3) is 5.91 Å². The van der Waals surface area contributed by atoms with Gasteiger partial charge in [0.15, 0.2) is 0 Å². The maximum atomic E-state index is 13.0. The first-order valence-electron chi connectivity index (χ1n) is 11.9. The number of hydrogen-bond acceptors (Lipinski definition) is 6. The highest BCUT2D eigenvalue weighted by Crippen LogP contribution is 2.35. The number of piperazine rings is 1. The number of halogens is 3. The van der Waals surface area contributed by atoms with Crippen LogP contribution in [0.25, 0.3) is 0 Å². The molecule has 0 spiro atoms. The summed E-state index contributed by atoms with van der Waals surface area (Å²) in [5, 5.41) is 3.41. The van der Waals surface area contributed by atoms with Crippen LogP contribution in [0.1, 0.15) is 55.2 Å². The van der Waals surface area contributed by atoms with E-state index in [4.69, 9.17) is 0 Å². The fourth-order valence-corrected chi connectivity index (χ4v) is 4.88. The van der Waals surface area contributed by atoms with Crippen LogP contribution < -0.4 is 9.50 Å². The van der Waals surface area contributed by atoms with E-state index in [2.05, 4.69) is 14.4 Å². The van der Waals surface area contributed by atoms with Gasteiger partial charge in [-0.25, -0.2) is 0 Å². The van der Waals surface area contributed by atoms with Crippen molar-refractivity contribution in [2.45, 2.75) is 51.3 Å². The van der Waals surface area contributed by atoms with Crippen LogP contribution >= 0.6 is 0 Å². The van der Waals surface area contributed by atoms with Crippen molar-refractivity contribution in [3.63, 3.8) is 0 Å². The summed E-state index contributed by atoms with van der Waals surface area (Å²) in [7, 11) is -5.81. The number of nitrogens with one attached hydrogen (secondary N) is 1. The lowest BCUT2D eigenvalue weighted by Gasteiger charge is -2.43. The van der Waals surface area contributed by atoms with E-state index >= 15 is 0 Å². The number of carbonyl (C=O) groups is 1. The summed E-state index contributed by atoms with van der Waals surface area (Å²) in [4.78, 5) is 16.9. The molecule has 1 saturated heterocycles. The number of carbonyl (C=O) groups excluding carboxylic acids is 1. The van der Waals surface area contributed by atoms with Gasteiger partial charge in [-0.3, -0.25) is 9.69 Å². The molecule has 1 aliphatic heterocycles. The van der Waals surface area contributed by atoms with Gasteiger partial charge >= 0.3 is 15.6 Å². The van der Waals surface area contributed by atoms with Gasteiger partial charge in [0.05, 0.1) is 6.04 Å². The first-order chi connectivity index (χ1) is 16.9. The summed E-state index contributed by atoms with van der Waals surface area (Å²) in [6, 6.07) is 12.6. The van der Waals surface area contributed by atoms with Gasteiger partial charge in [0.1, 0.15) is 5.75 Å². The first-order valence-corrected chi connectivity index (χ1v) is 13.3. The van der Waals surface area contributed by atoms with Crippen molar-refractivity contribution in [3.8, 4) is 5.75 Å². The van der Waals surface area contributed by atoms with Crippen LogP contribution in [0, 0.1) is 0 Å². The Bertz CT molecular complexity index is 1170. The molecular weight excluding hydrogens is 495 g/mol. The Balaban J connectivity index is 2.09. The van der Waals surface area contributed by atoms with Crippen molar-refractivity contribution < 1.29 is 30.6 Å². The van der Waals surface area contributed by atoms with Crippen LogP contribution in [0.15, 0.2) is 48.5 Å². The lowest BCUT2D eigenvalue weighted by Crippen LogP contribution is -2.55. The molecule has 1 amide bonds. The van der Waals surface area contributed by atoms with E-state index in [-0.39, 0.29) is 18.0 Å². The quantitative estimate of drug-likeness (QED) is 0.410. The van der Waals surface area contributed by atoms with Crippen LogP contribution in [0.4, 0.5) is 13.2 Å². The molecule has 0 saturated carbocycles. The molecule has 198 valence electrons. The molecule has 7 nitrogen and oxygen atoms in total. The van der Waals surface area contributed by atoms with E-state index < -0.39 is 27.4 Å².